The van der Waals surface area contributed by atoms with Crippen molar-refractivity contribution in [3.63, 3.8) is 0 Å². The first kappa shape index (κ1) is 26.6. The highest BCUT2D eigenvalue weighted by Gasteiger charge is 2.25. The van der Waals surface area contributed by atoms with Crippen molar-refractivity contribution >= 4 is 17.6 Å². The monoisotopic (exact) mass is 464 g/mol. The van der Waals surface area contributed by atoms with Crippen LogP contribution < -0.4 is 4.74 Å². The van der Waals surface area contributed by atoms with Gasteiger partial charge in [-0.05, 0) is 51.2 Å². The molecule has 0 bridgehead atoms. The third-order valence-electron chi connectivity index (χ3n) is 5.93. The number of carbonyl (C=O) groups excluding carboxylic acids is 2. The second-order valence-corrected chi connectivity index (χ2v) is 8.51. The third-order valence-corrected chi connectivity index (χ3v) is 5.93. The van der Waals surface area contributed by atoms with Crippen LogP contribution in [0.1, 0.15) is 83.3 Å². The molecule has 0 aliphatic heterocycles. The zero-order chi connectivity index (χ0) is 24.2. The van der Waals surface area contributed by atoms with Gasteiger partial charge < -0.3 is 19.5 Å². The molecule has 9 heteroatoms. The topological polar surface area (TPSA) is 119 Å². The van der Waals surface area contributed by atoms with Gasteiger partial charge in [-0.1, -0.05) is 25.3 Å². The van der Waals surface area contributed by atoms with E-state index in [4.69, 9.17) is 9.47 Å². The molecule has 0 saturated heterocycles. The number of unbranched alkanes of at least 4 members (excludes halogenated alkanes) is 2. The average Bonchev–Trinajstić information content (AvgIpc) is 2.78. The minimum Gasteiger partial charge on any atom is -0.487 e. The van der Waals surface area contributed by atoms with Gasteiger partial charge in [0.2, 0.25) is 5.91 Å². The van der Waals surface area contributed by atoms with Crippen molar-refractivity contribution in [2.24, 2.45) is 0 Å². The lowest BCUT2D eigenvalue weighted by Crippen LogP contribution is -2.43. The molecular formula is C24H36N2O7. The molecule has 1 fully saturated rings. The Kier molecular flexibility index (Phi) is 11.1. The Hall–Kier alpha value is -2.68. The van der Waals surface area contributed by atoms with Gasteiger partial charge in [-0.3, -0.25) is 19.7 Å². The standard InChI is InChI=1S/C24H36N2O7/c1-18(27)21-12-9-13-22(24(21)26(30)31)33-16-8-4-7-14-23(29)25(15-17-32-19(2)28)20-10-5-3-6-11-20/h9,12-13,18,20,27H,3-8,10-11,14-17H2,1-2H3. The predicted molar refractivity (Wildman–Crippen MR) is 123 cm³/mol. The van der Waals surface area contributed by atoms with Gasteiger partial charge in [0.1, 0.15) is 6.61 Å². The third kappa shape index (κ3) is 8.64. The van der Waals surface area contributed by atoms with Gasteiger partial charge in [0.05, 0.1) is 29.7 Å². The number of hydrogen-bond acceptors (Lipinski definition) is 7. The molecule has 1 amide bonds. The average molecular weight is 465 g/mol. The summed E-state index contributed by atoms with van der Waals surface area (Å²) in [5.41, 5.74) is 0.0123. The van der Waals surface area contributed by atoms with E-state index in [-0.39, 0.29) is 48.1 Å². The van der Waals surface area contributed by atoms with Crippen LogP contribution in [0.3, 0.4) is 0 Å². The van der Waals surface area contributed by atoms with Crippen LogP contribution in [0, 0.1) is 10.1 Å². The van der Waals surface area contributed by atoms with Gasteiger partial charge in [-0.15, -0.1) is 0 Å². The highest BCUT2D eigenvalue weighted by molar-refractivity contribution is 5.76. The molecule has 184 valence electrons. The molecule has 33 heavy (non-hydrogen) atoms. The van der Waals surface area contributed by atoms with Crippen molar-refractivity contribution in [2.75, 3.05) is 19.8 Å². The summed E-state index contributed by atoms with van der Waals surface area (Å²) in [5.74, 6) is -0.121. The fourth-order valence-corrected chi connectivity index (χ4v) is 4.26. The Morgan fingerprint density at radius 1 is 1.18 bits per heavy atom. The number of aliphatic hydroxyl groups is 1. The highest BCUT2D eigenvalue weighted by Crippen LogP contribution is 2.34. The Morgan fingerprint density at radius 2 is 1.91 bits per heavy atom. The van der Waals surface area contributed by atoms with Crippen LogP contribution in [0.25, 0.3) is 0 Å². The first-order valence-corrected chi connectivity index (χ1v) is 11.8. The number of hydrogen-bond donors (Lipinski definition) is 1. The molecule has 1 N–H and O–H groups in total. The van der Waals surface area contributed by atoms with E-state index in [9.17, 15) is 24.8 Å². The maximum absolute atomic E-state index is 12.8. The summed E-state index contributed by atoms with van der Waals surface area (Å²) in [4.78, 5) is 36.7. The second-order valence-electron chi connectivity index (χ2n) is 8.51. The van der Waals surface area contributed by atoms with E-state index in [0.29, 0.717) is 25.8 Å². The van der Waals surface area contributed by atoms with Gasteiger partial charge in [0.15, 0.2) is 5.75 Å². The minimum atomic E-state index is -0.965. The molecular weight excluding hydrogens is 428 g/mol. The number of para-hydroxylation sites is 1. The molecule has 1 aliphatic carbocycles. The van der Waals surface area contributed by atoms with Crippen LogP contribution in [0.2, 0.25) is 0 Å². The maximum atomic E-state index is 12.8. The molecule has 1 atom stereocenters. The molecule has 1 unspecified atom stereocenters. The largest absolute Gasteiger partial charge is 0.487 e. The quantitative estimate of drug-likeness (QED) is 0.200. The molecule has 9 nitrogen and oxygen atoms in total. The molecule has 0 spiro atoms. The van der Waals surface area contributed by atoms with Crippen LogP contribution in [0.4, 0.5) is 5.69 Å². The molecule has 1 aliphatic rings. The fourth-order valence-electron chi connectivity index (χ4n) is 4.26. The molecule has 1 aromatic rings. The van der Waals surface area contributed by atoms with Crippen LogP contribution >= 0.6 is 0 Å². The smallest absolute Gasteiger partial charge is 0.316 e. The predicted octanol–water partition coefficient (Wildman–Crippen LogP) is 4.31. The number of benzene rings is 1. The molecule has 0 heterocycles. The molecule has 0 radical (unpaired) electrons. The Balaban J connectivity index is 1.79. The lowest BCUT2D eigenvalue weighted by atomic mass is 9.94. The summed E-state index contributed by atoms with van der Waals surface area (Å²) in [6.45, 7) is 3.78. The van der Waals surface area contributed by atoms with Crippen LogP contribution in [-0.4, -0.2) is 52.6 Å². The van der Waals surface area contributed by atoms with Gasteiger partial charge in [-0.25, -0.2) is 0 Å². The van der Waals surface area contributed by atoms with Crippen LogP contribution in [0.15, 0.2) is 18.2 Å². The number of nitro groups is 1. The Morgan fingerprint density at radius 3 is 2.55 bits per heavy atom. The summed E-state index contributed by atoms with van der Waals surface area (Å²) in [6.07, 6.45) is 6.94. The zero-order valence-corrected chi connectivity index (χ0v) is 19.7. The maximum Gasteiger partial charge on any atom is 0.316 e. The van der Waals surface area contributed by atoms with Gasteiger partial charge in [-0.2, -0.15) is 0 Å². The molecule has 0 aromatic heterocycles. The Labute approximate surface area is 195 Å². The minimum absolute atomic E-state index is 0.0789. The number of ether oxygens (including phenoxy) is 2. The lowest BCUT2D eigenvalue weighted by molar-refractivity contribution is -0.387. The molecule has 2 rings (SSSR count). The molecule has 1 aromatic carbocycles. The van der Waals surface area contributed by atoms with Crippen LogP contribution in [0.5, 0.6) is 5.75 Å². The summed E-state index contributed by atoms with van der Waals surface area (Å²) >= 11 is 0. The summed E-state index contributed by atoms with van der Waals surface area (Å²) < 4.78 is 10.7. The van der Waals surface area contributed by atoms with Gasteiger partial charge in [0, 0.05) is 19.4 Å². The van der Waals surface area contributed by atoms with Crippen molar-refractivity contribution < 1.29 is 29.1 Å². The normalized spacial score (nSPS) is 15.0. The first-order valence-electron chi connectivity index (χ1n) is 11.8. The summed E-state index contributed by atoms with van der Waals surface area (Å²) in [6, 6.07) is 4.88. The highest BCUT2D eigenvalue weighted by atomic mass is 16.6. The van der Waals surface area contributed by atoms with Crippen LogP contribution in [-0.2, 0) is 14.3 Å². The zero-order valence-electron chi connectivity index (χ0n) is 19.7. The van der Waals surface area contributed by atoms with E-state index in [1.165, 1.54) is 32.4 Å². The number of amides is 1. The van der Waals surface area contributed by atoms with Crippen molar-refractivity contribution in [2.45, 2.75) is 83.8 Å². The van der Waals surface area contributed by atoms with E-state index in [0.717, 1.165) is 32.1 Å². The summed E-state index contributed by atoms with van der Waals surface area (Å²) in [7, 11) is 0. The molecule has 1 saturated carbocycles. The van der Waals surface area contributed by atoms with Gasteiger partial charge >= 0.3 is 11.7 Å². The van der Waals surface area contributed by atoms with Gasteiger partial charge in [0.25, 0.3) is 0 Å². The second kappa shape index (κ2) is 13.8. The van der Waals surface area contributed by atoms with Crippen molar-refractivity contribution in [1.82, 2.24) is 4.90 Å². The summed E-state index contributed by atoms with van der Waals surface area (Å²) in [5, 5.41) is 21.2. The van der Waals surface area contributed by atoms with Crippen molar-refractivity contribution in [3.05, 3.63) is 33.9 Å². The number of nitrogens with zero attached hydrogens (tertiary/aromatic N) is 2. The Bertz CT molecular complexity index is 791. The number of aliphatic hydroxyl groups excluding tert-OH is 1. The van der Waals surface area contributed by atoms with Crippen molar-refractivity contribution in [3.8, 4) is 5.75 Å². The van der Waals surface area contributed by atoms with E-state index in [2.05, 4.69) is 0 Å². The SMILES string of the molecule is CC(=O)OCCN(C(=O)CCCCCOc1cccc(C(C)O)c1[N+](=O)[O-])C1CCCCC1. The first-order chi connectivity index (χ1) is 15.8. The fraction of sp³-hybridized carbons (Fsp3) is 0.667. The number of nitro benzene ring substituents is 1. The van der Waals surface area contributed by atoms with E-state index in [1.807, 2.05) is 4.90 Å². The van der Waals surface area contributed by atoms with Crippen molar-refractivity contribution in [1.29, 1.82) is 0 Å². The number of esters is 1. The lowest BCUT2D eigenvalue weighted by Gasteiger charge is -2.34. The van der Waals surface area contributed by atoms with E-state index < -0.39 is 11.0 Å². The number of rotatable bonds is 13. The van der Waals surface area contributed by atoms with E-state index in [1.54, 1.807) is 6.07 Å². The van der Waals surface area contributed by atoms with E-state index >= 15 is 0 Å². The number of carbonyl (C=O) groups is 2.